The molecule has 0 radical (unpaired) electrons. The smallest absolute Gasteiger partial charge is 0.0345 e. The van der Waals surface area contributed by atoms with E-state index < -0.39 is 0 Å². The van der Waals surface area contributed by atoms with Gasteiger partial charge in [-0.05, 0) is 26.9 Å². The molecule has 102 valence electrons. The summed E-state index contributed by atoms with van der Waals surface area (Å²) in [5.74, 6) is 0. The van der Waals surface area contributed by atoms with Crippen molar-refractivity contribution >= 4 is 0 Å². The Balaban J connectivity index is 2.30. The van der Waals surface area contributed by atoms with Crippen molar-refractivity contribution < 1.29 is 0 Å². The van der Waals surface area contributed by atoms with Crippen LogP contribution < -0.4 is 5.32 Å². The van der Waals surface area contributed by atoms with Crippen LogP contribution in [0, 0.1) is 0 Å². The lowest BCUT2D eigenvalue weighted by Crippen LogP contribution is -2.54. The molecule has 1 fully saturated rings. The van der Waals surface area contributed by atoms with Crippen LogP contribution in [0.5, 0.6) is 0 Å². The van der Waals surface area contributed by atoms with E-state index >= 15 is 0 Å². The lowest BCUT2D eigenvalue weighted by molar-refractivity contribution is 0.110. The topological polar surface area (TPSA) is 18.5 Å². The normalized spacial score (nSPS) is 23.5. The van der Waals surface area contributed by atoms with E-state index in [0.717, 1.165) is 12.6 Å². The summed E-state index contributed by atoms with van der Waals surface area (Å²) in [6.07, 6.45) is 5.22. The molecule has 0 amide bonds. The molecule has 0 aromatic heterocycles. The molecule has 17 heavy (non-hydrogen) atoms. The van der Waals surface area contributed by atoms with Crippen LogP contribution in [0.3, 0.4) is 0 Å². The number of hydrogen-bond donors (Lipinski definition) is 1. The fourth-order valence-corrected chi connectivity index (χ4v) is 2.67. The summed E-state index contributed by atoms with van der Waals surface area (Å²) >= 11 is 0. The molecule has 1 rings (SSSR count). The summed E-state index contributed by atoms with van der Waals surface area (Å²) in [5.41, 5.74) is 0. The van der Waals surface area contributed by atoms with Crippen molar-refractivity contribution in [2.75, 3.05) is 40.3 Å². The van der Waals surface area contributed by atoms with Gasteiger partial charge in [-0.15, -0.1) is 0 Å². The Morgan fingerprint density at radius 1 is 1.12 bits per heavy atom. The Hall–Kier alpha value is -0.120. The maximum atomic E-state index is 3.77. The predicted molar refractivity (Wildman–Crippen MR) is 75.5 cm³/mol. The van der Waals surface area contributed by atoms with Gasteiger partial charge in [0.1, 0.15) is 0 Å². The van der Waals surface area contributed by atoms with Gasteiger partial charge in [-0.3, -0.25) is 4.90 Å². The van der Waals surface area contributed by atoms with Gasteiger partial charge in [0.25, 0.3) is 0 Å². The third kappa shape index (κ3) is 5.36. The first-order chi connectivity index (χ1) is 8.17. The number of likely N-dealkylation sites (N-methyl/N-ethyl adjacent to an activating group) is 2. The van der Waals surface area contributed by atoms with E-state index in [-0.39, 0.29) is 0 Å². The zero-order chi connectivity index (χ0) is 12.7. The summed E-state index contributed by atoms with van der Waals surface area (Å²) in [5, 5.41) is 3.77. The monoisotopic (exact) mass is 241 g/mol. The molecule has 1 atom stereocenters. The minimum atomic E-state index is 0.685. The van der Waals surface area contributed by atoms with Gasteiger partial charge in [-0.25, -0.2) is 0 Å². The molecule has 3 heteroatoms. The van der Waals surface area contributed by atoms with Crippen molar-refractivity contribution in [1.82, 2.24) is 15.1 Å². The summed E-state index contributed by atoms with van der Waals surface area (Å²) in [6.45, 7) is 9.32. The molecule has 1 N–H and O–H groups in total. The Morgan fingerprint density at radius 2 is 1.76 bits per heavy atom. The molecule has 3 nitrogen and oxygen atoms in total. The molecule has 1 saturated heterocycles. The molecular formula is C14H31N3. The fraction of sp³-hybridized carbons (Fsp3) is 1.00. The largest absolute Gasteiger partial charge is 0.312 e. The van der Waals surface area contributed by atoms with Gasteiger partial charge < -0.3 is 10.2 Å². The molecule has 0 spiro atoms. The SMILES string of the molecule is CCCC(CCC)NCC1CN(C)CCN1C. The van der Waals surface area contributed by atoms with Gasteiger partial charge in [0.2, 0.25) is 0 Å². The quantitative estimate of drug-likeness (QED) is 0.733. The van der Waals surface area contributed by atoms with Crippen LogP contribution in [0.4, 0.5) is 0 Å². The summed E-state index contributed by atoms with van der Waals surface area (Å²) in [6, 6.07) is 1.41. The zero-order valence-electron chi connectivity index (χ0n) is 12.2. The van der Waals surface area contributed by atoms with E-state index in [1.54, 1.807) is 0 Å². The van der Waals surface area contributed by atoms with E-state index in [1.807, 2.05) is 0 Å². The fourth-order valence-electron chi connectivity index (χ4n) is 2.67. The first kappa shape index (κ1) is 14.9. The number of piperazine rings is 1. The summed E-state index contributed by atoms with van der Waals surface area (Å²) in [7, 11) is 4.49. The highest BCUT2D eigenvalue weighted by Gasteiger charge is 2.22. The first-order valence-corrected chi connectivity index (χ1v) is 7.29. The van der Waals surface area contributed by atoms with Crippen molar-refractivity contribution in [2.45, 2.75) is 51.6 Å². The van der Waals surface area contributed by atoms with Crippen LogP contribution in [0.1, 0.15) is 39.5 Å². The lowest BCUT2D eigenvalue weighted by Gasteiger charge is -2.38. The second kappa shape index (κ2) is 8.06. The van der Waals surface area contributed by atoms with Crippen LogP contribution in [-0.4, -0.2) is 62.2 Å². The summed E-state index contributed by atoms with van der Waals surface area (Å²) in [4.78, 5) is 4.95. The Kier molecular flexibility index (Phi) is 7.09. The molecular weight excluding hydrogens is 210 g/mol. The van der Waals surface area contributed by atoms with Gasteiger partial charge in [-0.1, -0.05) is 26.7 Å². The highest BCUT2D eigenvalue weighted by Crippen LogP contribution is 2.08. The van der Waals surface area contributed by atoms with E-state index in [9.17, 15) is 0 Å². The molecule has 0 aliphatic carbocycles. The van der Waals surface area contributed by atoms with Crippen LogP contribution >= 0.6 is 0 Å². The van der Waals surface area contributed by atoms with E-state index in [2.05, 4.69) is 43.1 Å². The summed E-state index contributed by atoms with van der Waals surface area (Å²) < 4.78 is 0. The molecule has 0 aromatic rings. The minimum absolute atomic E-state index is 0.685. The second-order valence-corrected chi connectivity index (χ2v) is 5.58. The molecule has 1 aliphatic heterocycles. The lowest BCUT2D eigenvalue weighted by atomic mass is 10.1. The molecule has 1 heterocycles. The Bertz CT molecular complexity index is 190. The Labute approximate surface area is 108 Å². The van der Waals surface area contributed by atoms with Crippen molar-refractivity contribution in [1.29, 1.82) is 0 Å². The number of rotatable bonds is 7. The van der Waals surface area contributed by atoms with E-state index in [0.29, 0.717) is 6.04 Å². The molecule has 0 bridgehead atoms. The van der Waals surface area contributed by atoms with Crippen molar-refractivity contribution in [2.24, 2.45) is 0 Å². The second-order valence-electron chi connectivity index (χ2n) is 5.58. The highest BCUT2D eigenvalue weighted by atomic mass is 15.3. The average Bonchev–Trinajstić information content (AvgIpc) is 2.30. The number of hydrogen-bond acceptors (Lipinski definition) is 3. The highest BCUT2D eigenvalue weighted by molar-refractivity contribution is 4.81. The van der Waals surface area contributed by atoms with Gasteiger partial charge in [0.05, 0.1) is 0 Å². The molecule has 0 aromatic carbocycles. The zero-order valence-corrected chi connectivity index (χ0v) is 12.2. The van der Waals surface area contributed by atoms with Gasteiger partial charge >= 0.3 is 0 Å². The molecule has 1 unspecified atom stereocenters. The maximum absolute atomic E-state index is 3.77. The van der Waals surface area contributed by atoms with Crippen LogP contribution in [0.2, 0.25) is 0 Å². The van der Waals surface area contributed by atoms with E-state index in [1.165, 1.54) is 45.3 Å². The number of nitrogens with zero attached hydrogens (tertiary/aromatic N) is 2. The Morgan fingerprint density at radius 3 is 2.35 bits per heavy atom. The van der Waals surface area contributed by atoms with Crippen LogP contribution in [-0.2, 0) is 0 Å². The van der Waals surface area contributed by atoms with Crippen molar-refractivity contribution in [3.05, 3.63) is 0 Å². The maximum Gasteiger partial charge on any atom is 0.0345 e. The average molecular weight is 241 g/mol. The van der Waals surface area contributed by atoms with Gasteiger partial charge in [0.15, 0.2) is 0 Å². The predicted octanol–water partition coefficient (Wildman–Crippen LogP) is 1.79. The third-order valence-electron chi connectivity index (χ3n) is 3.90. The van der Waals surface area contributed by atoms with Crippen molar-refractivity contribution in [3.63, 3.8) is 0 Å². The molecule has 1 aliphatic rings. The molecule has 0 saturated carbocycles. The van der Waals surface area contributed by atoms with Crippen molar-refractivity contribution in [3.8, 4) is 0 Å². The standard InChI is InChI=1S/C14H31N3/c1-5-7-13(8-6-2)15-11-14-12-16(3)9-10-17(14)4/h13-15H,5-12H2,1-4H3. The minimum Gasteiger partial charge on any atom is -0.312 e. The van der Waals surface area contributed by atoms with Crippen LogP contribution in [0.15, 0.2) is 0 Å². The van der Waals surface area contributed by atoms with Crippen LogP contribution in [0.25, 0.3) is 0 Å². The van der Waals surface area contributed by atoms with Gasteiger partial charge in [-0.2, -0.15) is 0 Å². The van der Waals surface area contributed by atoms with E-state index in [4.69, 9.17) is 0 Å². The van der Waals surface area contributed by atoms with Gasteiger partial charge in [0, 0.05) is 38.3 Å². The number of nitrogens with one attached hydrogen (secondary N) is 1. The first-order valence-electron chi connectivity index (χ1n) is 7.29. The third-order valence-corrected chi connectivity index (χ3v) is 3.90.